The molecule has 3 atom stereocenters. The Morgan fingerprint density at radius 2 is 1.73 bits per heavy atom. The van der Waals surface area contributed by atoms with Gasteiger partial charge in [-0.05, 0) is 31.2 Å². The smallest absolute Gasteiger partial charge is 0.310 e. The van der Waals surface area contributed by atoms with Crippen LogP contribution < -0.4 is 16.6 Å². The van der Waals surface area contributed by atoms with Crippen LogP contribution in [-0.2, 0) is 19.1 Å². The van der Waals surface area contributed by atoms with Gasteiger partial charge in [-0.2, -0.15) is 0 Å². The van der Waals surface area contributed by atoms with E-state index in [2.05, 4.69) is 5.32 Å². The lowest BCUT2D eigenvalue weighted by Crippen LogP contribution is -2.33. The van der Waals surface area contributed by atoms with Gasteiger partial charge in [0.05, 0.1) is 24.4 Å². The molecule has 22 heavy (non-hydrogen) atoms. The Morgan fingerprint density at radius 3 is 2.27 bits per heavy atom. The maximum atomic E-state index is 12.2. The molecule has 0 bridgehead atoms. The minimum atomic E-state index is -0.809. The first kappa shape index (κ1) is 16.3. The van der Waals surface area contributed by atoms with Crippen molar-refractivity contribution >= 4 is 35.1 Å². The number of halogens is 1. The van der Waals surface area contributed by atoms with E-state index in [1.54, 1.807) is 31.2 Å². The average Bonchev–Trinajstić information content (AvgIpc) is 3.25. The molecule has 1 aromatic carbocycles. The van der Waals surface area contributed by atoms with Crippen LogP contribution in [-0.4, -0.2) is 24.4 Å². The predicted octanol–water partition coefficient (Wildman–Crippen LogP) is 0.694. The SMILES string of the molecule is CCOC(=O)[C@@H]1[C@H](C(=O)Nc2ccc(Cl)cc2)[C@@H]1C(=O)NN. The minimum Gasteiger partial charge on any atom is -0.466 e. The van der Waals surface area contributed by atoms with Gasteiger partial charge < -0.3 is 10.1 Å². The quantitative estimate of drug-likeness (QED) is 0.319. The van der Waals surface area contributed by atoms with E-state index in [-0.39, 0.29) is 6.61 Å². The predicted molar refractivity (Wildman–Crippen MR) is 79.5 cm³/mol. The molecule has 8 heteroatoms. The summed E-state index contributed by atoms with van der Waals surface area (Å²) in [6.45, 7) is 1.83. The fourth-order valence-corrected chi connectivity index (χ4v) is 2.48. The number of hydrogen-bond donors (Lipinski definition) is 3. The molecule has 0 unspecified atom stereocenters. The lowest BCUT2D eigenvalue weighted by Gasteiger charge is -2.05. The first-order valence-electron chi connectivity index (χ1n) is 6.73. The Bertz CT molecular complexity index is 590. The first-order valence-corrected chi connectivity index (χ1v) is 7.11. The van der Waals surface area contributed by atoms with Crippen LogP contribution in [0.2, 0.25) is 5.02 Å². The summed E-state index contributed by atoms with van der Waals surface area (Å²) in [4.78, 5) is 35.7. The van der Waals surface area contributed by atoms with Gasteiger partial charge in [0.2, 0.25) is 11.8 Å². The summed E-state index contributed by atoms with van der Waals surface area (Å²) >= 11 is 5.77. The number of benzene rings is 1. The van der Waals surface area contributed by atoms with E-state index in [9.17, 15) is 14.4 Å². The van der Waals surface area contributed by atoms with Crippen LogP contribution in [0.5, 0.6) is 0 Å². The van der Waals surface area contributed by atoms with E-state index in [1.807, 2.05) is 5.43 Å². The highest BCUT2D eigenvalue weighted by molar-refractivity contribution is 6.30. The molecule has 1 aromatic rings. The van der Waals surface area contributed by atoms with Gasteiger partial charge >= 0.3 is 5.97 Å². The Morgan fingerprint density at radius 1 is 1.14 bits per heavy atom. The molecule has 0 saturated heterocycles. The van der Waals surface area contributed by atoms with Crippen LogP contribution in [0.1, 0.15) is 6.92 Å². The number of nitrogens with two attached hydrogens (primary N) is 1. The molecular formula is C14H16ClN3O4. The van der Waals surface area contributed by atoms with Crippen molar-refractivity contribution in [3.05, 3.63) is 29.3 Å². The van der Waals surface area contributed by atoms with Gasteiger partial charge in [-0.1, -0.05) is 11.6 Å². The van der Waals surface area contributed by atoms with Crippen LogP contribution in [0.3, 0.4) is 0 Å². The fraction of sp³-hybridized carbons (Fsp3) is 0.357. The summed E-state index contributed by atoms with van der Waals surface area (Å²) < 4.78 is 4.88. The summed E-state index contributed by atoms with van der Waals surface area (Å²) in [5.74, 6) is 1.10. The zero-order valence-electron chi connectivity index (χ0n) is 11.8. The summed E-state index contributed by atoms with van der Waals surface area (Å²) in [6.07, 6.45) is 0. The summed E-state index contributed by atoms with van der Waals surface area (Å²) in [6, 6.07) is 6.49. The summed E-state index contributed by atoms with van der Waals surface area (Å²) in [5.41, 5.74) is 2.49. The molecule has 0 heterocycles. The highest BCUT2D eigenvalue weighted by Gasteiger charge is 2.63. The van der Waals surface area contributed by atoms with Gasteiger partial charge in [-0.3, -0.25) is 19.8 Å². The molecule has 1 aliphatic rings. The van der Waals surface area contributed by atoms with Crippen molar-refractivity contribution in [2.75, 3.05) is 11.9 Å². The Hall–Kier alpha value is -2.12. The van der Waals surface area contributed by atoms with Gasteiger partial charge in [0.25, 0.3) is 0 Å². The number of rotatable bonds is 5. The lowest BCUT2D eigenvalue weighted by atomic mass is 10.2. The largest absolute Gasteiger partial charge is 0.466 e. The fourth-order valence-electron chi connectivity index (χ4n) is 2.35. The number of nitrogens with one attached hydrogen (secondary N) is 2. The van der Waals surface area contributed by atoms with Crippen LogP contribution >= 0.6 is 11.6 Å². The van der Waals surface area contributed by atoms with Crippen molar-refractivity contribution < 1.29 is 19.1 Å². The second-order valence-corrected chi connectivity index (χ2v) is 5.27. The van der Waals surface area contributed by atoms with E-state index < -0.39 is 35.5 Å². The molecule has 0 spiro atoms. The van der Waals surface area contributed by atoms with Gasteiger partial charge in [-0.25, -0.2) is 5.84 Å². The van der Waals surface area contributed by atoms with Crippen LogP contribution in [0, 0.1) is 17.8 Å². The molecule has 1 aliphatic carbocycles. The minimum absolute atomic E-state index is 0.178. The molecule has 0 radical (unpaired) electrons. The van der Waals surface area contributed by atoms with E-state index >= 15 is 0 Å². The number of esters is 1. The zero-order valence-corrected chi connectivity index (χ0v) is 12.6. The summed E-state index contributed by atoms with van der Waals surface area (Å²) in [5, 5.41) is 3.18. The van der Waals surface area contributed by atoms with Crippen molar-refractivity contribution in [1.29, 1.82) is 0 Å². The molecule has 2 rings (SSSR count). The molecule has 2 amide bonds. The molecule has 118 valence electrons. The van der Waals surface area contributed by atoms with Crippen molar-refractivity contribution in [3.8, 4) is 0 Å². The van der Waals surface area contributed by atoms with Crippen LogP contribution in [0.4, 0.5) is 5.69 Å². The molecule has 0 aliphatic heterocycles. The average molecular weight is 326 g/mol. The van der Waals surface area contributed by atoms with Crippen molar-refractivity contribution in [1.82, 2.24) is 5.43 Å². The highest BCUT2D eigenvalue weighted by Crippen LogP contribution is 2.48. The van der Waals surface area contributed by atoms with Gasteiger partial charge in [0, 0.05) is 10.7 Å². The second-order valence-electron chi connectivity index (χ2n) is 4.83. The maximum absolute atomic E-state index is 12.2. The number of hydrogen-bond acceptors (Lipinski definition) is 5. The Kier molecular flexibility index (Phi) is 4.99. The number of amides is 2. The third-order valence-corrected chi connectivity index (χ3v) is 3.69. The van der Waals surface area contributed by atoms with E-state index in [0.717, 1.165) is 0 Å². The zero-order chi connectivity index (χ0) is 16.3. The van der Waals surface area contributed by atoms with E-state index in [4.69, 9.17) is 22.2 Å². The number of anilines is 1. The Labute approximate surface area is 132 Å². The van der Waals surface area contributed by atoms with Gasteiger partial charge in [-0.15, -0.1) is 0 Å². The molecule has 1 fully saturated rings. The normalized spacial score (nSPS) is 22.6. The van der Waals surface area contributed by atoms with Crippen LogP contribution in [0.25, 0.3) is 0 Å². The third-order valence-electron chi connectivity index (χ3n) is 3.44. The second kappa shape index (κ2) is 6.76. The standard InChI is InChI=1S/C14H16ClN3O4/c1-2-22-14(21)11-9(10(11)13(20)18-16)12(19)17-8-5-3-7(15)4-6-8/h3-6,9-11H,2,16H2,1H3,(H,17,19)(H,18,20)/t9-,10+,11-/m1/s1. The van der Waals surface area contributed by atoms with Crippen LogP contribution in [0.15, 0.2) is 24.3 Å². The summed E-state index contributed by atoms with van der Waals surface area (Å²) in [7, 11) is 0. The van der Waals surface area contributed by atoms with Crippen molar-refractivity contribution in [2.24, 2.45) is 23.6 Å². The number of hydrazine groups is 1. The molecule has 4 N–H and O–H groups in total. The van der Waals surface area contributed by atoms with Crippen molar-refractivity contribution in [2.45, 2.75) is 6.92 Å². The number of carbonyl (C=O) groups excluding carboxylic acids is 3. The maximum Gasteiger partial charge on any atom is 0.310 e. The van der Waals surface area contributed by atoms with E-state index in [1.165, 1.54) is 0 Å². The highest BCUT2D eigenvalue weighted by atomic mass is 35.5. The Balaban J connectivity index is 2.07. The number of carbonyl (C=O) groups is 3. The van der Waals surface area contributed by atoms with Gasteiger partial charge in [0.1, 0.15) is 0 Å². The first-order chi connectivity index (χ1) is 10.5. The van der Waals surface area contributed by atoms with Crippen molar-refractivity contribution in [3.63, 3.8) is 0 Å². The monoisotopic (exact) mass is 325 g/mol. The molecular weight excluding hydrogens is 310 g/mol. The lowest BCUT2D eigenvalue weighted by molar-refractivity contribution is -0.146. The molecule has 1 saturated carbocycles. The number of ether oxygens (including phenoxy) is 1. The third kappa shape index (κ3) is 3.37. The van der Waals surface area contributed by atoms with Gasteiger partial charge in [0.15, 0.2) is 0 Å². The molecule has 0 aromatic heterocycles. The molecule has 7 nitrogen and oxygen atoms in total. The topological polar surface area (TPSA) is 111 Å². The van der Waals surface area contributed by atoms with E-state index in [0.29, 0.717) is 10.7 Å².